The summed E-state index contributed by atoms with van der Waals surface area (Å²) in [7, 11) is 0. The van der Waals surface area contributed by atoms with Crippen molar-refractivity contribution >= 4 is 11.6 Å². The monoisotopic (exact) mass is 329 g/mol. The molecule has 0 aliphatic carbocycles. The maximum absolute atomic E-state index is 12.4. The topological polar surface area (TPSA) is 86.3 Å². The van der Waals surface area contributed by atoms with Crippen molar-refractivity contribution < 1.29 is 9.53 Å². The summed E-state index contributed by atoms with van der Waals surface area (Å²) in [4.78, 5) is 22.8. The molecule has 2 N–H and O–H groups in total. The average Bonchev–Trinajstić information content (AvgIpc) is 3.07. The van der Waals surface area contributed by atoms with Gasteiger partial charge in [-0.3, -0.25) is 9.78 Å². The summed E-state index contributed by atoms with van der Waals surface area (Å²) >= 11 is 0. The molecule has 1 amide bonds. The van der Waals surface area contributed by atoms with Gasteiger partial charge in [0.25, 0.3) is 0 Å². The van der Waals surface area contributed by atoms with Gasteiger partial charge < -0.3 is 19.9 Å². The number of anilines is 1. The van der Waals surface area contributed by atoms with Crippen LogP contribution >= 0.6 is 0 Å². The molecule has 0 radical (unpaired) electrons. The Hall–Kier alpha value is -2.41. The summed E-state index contributed by atoms with van der Waals surface area (Å²) < 4.78 is 7.77. The lowest BCUT2D eigenvalue weighted by Crippen LogP contribution is -2.42. The first-order valence-electron chi connectivity index (χ1n) is 8.21. The highest BCUT2D eigenvalue weighted by Gasteiger charge is 2.26. The van der Waals surface area contributed by atoms with Crippen LogP contribution in [0.25, 0.3) is 0 Å². The van der Waals surface area contributed by atoms with Gasteiger partial charge in [-0.05, 0) is 25.5 Å². The lowest BCUT2D eigenvalue weighted by Gasteiger charge is -2.33. The highest BCUT2D eigenvalue weighted by molar-refractivity contribution is 5.76. The van der Waals surface area contributed by atoms with Crippen molar-refractivity contribution in [3.8, 4) is 0 Å². The van der Waals surface area contributed by atoms with Gasteiger partial charge >= 0.3 is 0 Å². The van der Waals surface area contributed by atoms with Crippen molar-refractivity contribution in [3.63, 3.8) is 0 Å². The van der Waals surface area contributed by atoms with Crippen molar-refractivity contribution in [1.82, 2.24) is 19.4 Å². The molecule has 1 aliphatic rings. The minimum absolute atomic E-state index is 0.157. The molecule has 2 aromatic heterocycles. The Morgan fingerprint density at radius 3 is 3.08 bits per heavy atom. The van der Waals surface area contributed by atoms with Crippen molar-refractivity contribution in [2.24, 2.45) is 0 Å². The molecule has 0 bridgehead atoms. The molecule has 3 rings (SSSR count). The van der Waals surface area contributed by atoms with Crippen LogP contribution in [0.4, 0.5) is 5.69 Å². The fourth-order valence-electron chi connectivity index (χ4n) is 2.93. The standard InChI is InChI=1S/C17H23N5O2/c1-13-9-14(18)10-15(20-13)16-11-22(7-8-24-16)17(23)3-2-5-21-6-4-19-12-21/h4,6,9-10,12,16H,2-3,5,7-8,11H2,1H3,(H2,18,20)/t16-/m0/s1. The molecule has 3 heterocycles. The Morgan fingerprint density at radius 1 is 1.46 bits per heavy atom. The zero-order chi connectivity index (χ0) is 16.9. The second kappa shape index (κ2) is 7.44. The molecule has 1 aliphatic heterocycles. The van der Waals surface area contributed by atoms with Gasteiger partial charge in [-0.2, -0.15) is 0 Å². The molecule has 0 spiro atoms. The van der Waals surface area contributed by atoms with E-state index < -0.39 is 0 Å². The third-order valence-corrected chi connectivity index (χ3v) is 4.11. The number of pyridine rings is 1. The van der Waals surface area contributed by atoms with Gasteiger partial charge in [0.1, 0.15) is 6.10 Å². The van der Waals surface area contributed by atoms with Crippen LogP contribution < -0.4 is 5.73 Å². The predicted molar refractivity (Wildman–Crippen MR) is 90.1 cm³/mol. The number of carbonyl (C=O) groups excluding carboxylic acids is 1. The Morgan fingerprint density at radius 2 is 2.33 bits per heavy atom. The number of hydrogen-bond donors (Lipinski definition) is 1. The van der Waals surface area contributed by atoms with Crippen LogP contribution in [0, 0.1) is 6.92 Å². The maximum atomic E-state index is 12.4. The van der Waals surface area contributed by atoms with Crippen LogP contribution in [0.2, 0.25) is 0 Å². The Kier molecular flexibility index (Phi) is 5.10. The number of aromatic nitrogens is 3. The van der Waals surface area contributed by atoms with Gasteiger partial charge in [-0.1, -0.05) is 0 Å². The molecule has 24 heavy (non-hydrogen) atoms. The number of carbonyl (C=O) groups is 1. The van der Waals surface area contributed by atoms with E-state index in [2.05, 4.69) is 9.97 Å². The number of nitrogens with two attached hydrogens (primary N) is 1. The quantitative estimate of drug-likeness (QED) is 0.899. The van der Waals surface area contributed by atoms with E-state index in [9.17, 15) is 4.79 Å². The van der Waals surface area contributed by atoms with Crippen LogP contribution in [0.1, 0.15) is 30.3 Å². The van der Waals surface area contributed by atoms with Gasteiger partial charge in [0.2, 0.25) is 5.91 Å². The number of morpholine rings is 1. The Labute approximate surface area is 141 Å². The number of amides is 1. The van der Waals surface area contributed by atoms with Gasteiger partial charge in [0, 0.05) is 43.3 Å². The van der Waals surface area contributed by atoms with E-state index in [1.807, 2.05) is 34.7 Å². The van der Waals surface area contributed by atoms with E-state index in [1.165, 1.54) is 0 Å². The Balaban J connectivity index is 1.55. The summed E-state index contributed by atoms with van der Waals surface area (Å²) in [5, 5.41) is 0. The highest BCUT2D eigenvalue weighted by Crippen LogP contribution is 2.23. The van der Waals surface area contributed by atoms with Crippen LogP contribution in [0.3, 0.4) is 0 Å². The van der Waals surface area contributed by atoms with Gasteiger partial charge in [0.05, 0.1) is 25.2 Å². The largest absolute Gasteiger partial charge is 0.399 e. The second-order valence-corrected chi connectivity index (χ2v) is 6.07. The van der Waals surface area contributed by atoms with Gasteiger partial charge in [0.15, 0.2) is 0 Å². The minimum atomic E-state index is -0.210. The number of imidazole rings is 1. The maximum Gasteiger partial charge on any atom is 0.222 e. The fraction of sp³-hybridized carbons (Fsp3) is 0.471. The van der Waals surface area contributed by atoms with E-state index in [4.69, 9.17) is 10.5 Å². The zero-order valence-corrected chi connectivity index (χ0v) is 13.9. The van der Waals surface area contributed by atoms with E-state index in [1.54, 1.807) is 12.5 Å². The lowest BCUT2D eigenvalue weighted by atomic mass is 10.1. The smallest absolute Gasteiger partial charge is 0.222 e. The van der Waals surface area contributed by atoms with Gasteiger partial charge in [-0.15, -0.1) is 0 Å². The fourth-order valence-corrected chi connectivity index (χ4v) is 2.93. The molecule has 7 heteroatoms. The van der Waals surface area contributed by atoms with E-state index in [-0.39, 0.29) is 12.0 Å². The van der Waals surface area contributed by atoms with Gasteiger partial charge in [-0.25, -0.2) is 4.98 Å². The number of rotatable bonds is 5. The first-order chi connectivity index (χ1) is 11.6. The molecule has 0 saturated carbocycles. The summed E-state index contributed by atoms with van der Waals surface area (Å²) in [6.45, 7) is 4.38. The summed E-state index contributed by atoms with van der Waals surface area (Å²) in [5.74, 6) is 0.157. The minimum Gasteiger partial charge on any atom is -0.399 e. The van der Waals surface area contributed by atoms with Crippen molar-refractivity contribution in [3.05, 3.63) is 42.2 Å². The molecule has 1 saturated heterocycles. The van der Waals surface area contributed by atoms with E-state index in [0.29, 0.717) is 31.8 Å². The third-order valence-electron chi connectivity index (χ3n) is 4.11. The first kappa shape index (κ1) is 16.4. The number of aryl methyl sites for hydroxylation is 2. The number of ether oxygens (including phenoxy) is 1. The van der Waals surface area contributed by atoms with Crippen LogP contribution in [0.15, 0.2) is 30.9 Å². The van der Waals surface area contributed by atoms with Crippen LogP contribution in [-0.4, -0.2) is 45.0 Å². The summed E-state index contributed by atoms with van der Waals surface area (Å²) in [5.41, 5.74) is 8.21. The Bertz CT molecular complexity index is 666. The average molecular weight is 329 g/mol. The lowest BCUT2D eigenvalue weighted by molar-refractivity contribution is -0.139. The second-order valence-electron chi connectivity index (χ2n) is 6.07. The SMILES string of the molecule is Cc1cc(N)cc([C@@H]2CN(C(=O)CCCn3ccnc3)CCO2)n1. The van der Waals surface area contributed by atoms with Crippen molar-refractivity contribution in [1.29, 1.82) is 0 Å². The highest BCUT2D eigenvalue weighted by atomic mass is 16.5. The van der Waals surface area contributed by atoms with Crippen LogP contribution in [0.5, 0.6) is 0 Å². The molecule has 7 nitrogen and oxygen atoms in total. The summed E-state index contributed by atoms with van der Waals surface area (Å²) in [6, 6.07) is 3.65. The zero-order valence-electron chi connectivity index (χ0n) is 13.9. The number of nitrogen functional groups attached to an aromatic ring is 1. The first-order valence-corrected chi connectivity index (χ1v) is 8.21. The van der Waals surface area contributed by atoms with Crippen molar-refractivity contribution in [2.45, 2.75) is 32.4 Å². The molecular formula is C17H23N5O2. The number of nitrogens with zero attached hydrogens (tertiary/aromatic N) is 4. The van der Waals surface area contributed by atoms with E-state index >= 15 is 0 Å². The molecule has 1 fully saturated rings. The molecule has 0 unspecified atom stereocenters. The molecule has 1 atom stereocenters. The van der Waals surface area contributed by atoms with Crippen molar-refractivity contribution in [2.75, 3.05) is 25.4 Å². The molecule has 128 valence electrons. The molecule has 2 aromatic rings. The molecule has 0 aromatic carbocycles. The normalized spacial score (nSPS) is 17.9. The number of hydrogen-bond acceptors (Lipinski definition) is 5. The van der Waals surface area contributed by atoms with E-state index in [0.717, 1.165) is 24.4 Å². The predicted octanol–water partition coefficient (Wildman–Crippen LogP) is 1.55. The third kappa shape index (κ3) is 4.11. The summed E-state index contributed by atoms with van der Waals surface area (Å²) in [6.07, 6.45) is 6.53. The molecular weight excluding hydrogens is 306 g/mol. The van der Waals surface area contributed by atoms with Crippen LogP contribution in [-0.2, 0) is 16.1 Å².